The first kappa shape index (κ1) is 8.52. The summed E-state index contributed by atoms with van der Waals surface area (Å²) in [6.45, 7) is 1.17. The zero-order valence-corrected chi connectivity index (χ0v) is 9.16. The van der Waals surface area contributed by atoms with Gasteiger partial charge < -0.3 is 14.4 Å². The average molecular weight is 232 g/mol. The smallest absolute Gasteiger partial charge is 0.231 e. The molecule has 4 rings (SSSR count). The molecule has 0 spiro atoms. The Labute approximate surface area is 96.6 Å². The summed E-state index contributed by atoms with van der Waals surface area (Å²) in [7, 11) is 0. The molecule has 3 aliphatic heterocycles. The van der Waals surface area contributed by atoms with Gasteiger partial charge in [0.2, 0.25) is 6.79 Å². The normalized spacial score (nSPS) is 19.5. The van der Waals surface area contributed by atoms with E-state index < -0.39 is 0 Å². The van der Waals surface area contributed by atoms with Crippen LogP contribution in [0.5, 0.6) is 11.5 Å². The summed E-state index contributed by atoms with van der Waals surface area (Å²) in [6.07, 6.45) is 2.05. The van der Waals surface area contributed by atoms with Gasteiger partial charge in [-0.3, -0.25) is 0 Å². The lowest BCUT2D eigenvalue weighted by molar-refractivity contribution is 0.174. The van der Waals surface area contributed by atoms with Gasteiger partial charge in [-0.25, -0.2) is 4.99 Å². The summed E-state index contributed by atoms with van der Waals surface area (Å²) in [5.41, 5.74) is 2.17. The van der Waals surface area contributed by atoms with Crippen LogP contribution >= 0.6 is 11.8 Å². The molecule has 0 unspecified atom stereocenters. The van der Waals surface area contributed by atoms with Crippen LogP contribution in [0.15, 0.2) is 28.7 Å². The van der Waals surface area contributed by atoms with Crippen LogP contribution in [0.4, 0.5) is 5.69 Å². The van der Waals surface area contributed by atoms with E-state index in [9.17, 15) is 0 Å². The number of hydrogen-bond acceptors (Lipinski definition) is 5. The molecule has 0 atom stereocenters. The molecule has 0 bridgehead atoms. The van der Waals surface area contributed by atoms with Gasteiger partial charge in [-0.05, 0) is 11.5 Å². The van der Waals surface area contributed by atoms with E-state index in [1.165, 1.54) is 5.56 Å². The van der Waals surface area contributed by atoms with Crippen LogP contribution in [0, 0.1) is 0 Å². The van der Waals surface area contributed by atoms with E-state index in [0.717, 1.165) is 28.9 Å². The molecule has 16 heavy (non-hydrogen) atoms. The third-order valence-corrected chi connectivity index (χ3v) is 3.58. The molecule has 1 aromatic carbocycles. The van der Waals surface area contributed by atoms with Crippen LogP contribution in [-0.4, -0.2) is 16.9 Å². The highest BCUT2D eigenvalue weighted by atomic mass is 32.2. The number of amidine groups is 1. The Balaban J connectivity index is 1.87. The summed E-state index contributed by atoms with van der Waals surface area (Å²) < 4.78 is 10.7. The second-order valence-corrected chi connectivity index (χ2v) is 4.63. The summed E-state index contributed by atoms with van der Waals surface area (Å²) in [5.74, 6) is 1.63. The van der Waals surface area contributed by atoms with E-state index >= 15 is 0 Å². The molecule has 0 aliphatic carbocycles. The van der Waals surface area contributed by atoms with Crippen molar-refractivity contribution < 1.29 is 9.47 Å². The van der Waals surface area contributed by atoms with Crippen molar-refractivity contribution in [2.24, 2.45) is 4.99 Å². The molecule has 0 fully saturated rings. The maximum atomic E-state index is 5.36. The molecule has 4 nitrogen and oxygen atoms in total. The molecule has 0 saturated carbocycles. The van der Waals surface area contributed by atoms with Crippen LogP contribution < -0.4 is 9.47 Å². The SMILES string of the molecule is C1=CN2Cc3cc4c(cc3N=C2S1)OCO4. The van der Waals surface area contributed by atoms with Crippen molar-refractivity contribution in [1.29, 1.82) is 0 Å². The van der Waals surface area contributed by atoms with Gasteiger partial charge in [-0.1, -0.05) is 11.8 Å². The standard InChI is InChI=1S/C11H8N2O2S/c1-2-16-11-12-8-4-10-9(14-6-15-10)3-7(8)5-13(1)11/h1-4H,5-6H2. The number of thioether (sulfide) groups is 1. The van der Waals surface area contributed by atoms with Crippen molar-refractivity contribution in [3.05, 3.63) is 29.3 Å². The largest absolute Gasteiger partial charge is 0.454 e. The summed E-state index contributed by atoms with van der Waals surface area (Å²) in [5, 5.41) is 3.08. The number of benzene rings is 1. The number of ether oxygens (including phenoxy) is 2. The van der Waals surface area contributed by atoms with Crippen molar-refractivity contribution in [3.63, 3.8) is 0 Å². The molecule has 5 heteroatoms. The monoisotopic (exact) mass is 232 g/mol. The third-order valence-electron chi connectivity index (χ3n) is 2.79. The second kappa shape index (κ2) is 2.95. The van der Waals surface area contributed by atoms with Crippen LogP contribution in [0.25, 0.3) is 0 Å². The van der Waals surface area contributed by atoms with Gasteiger partial charge in [-0.2, -0.15) is 0 Å². The van der Waals surface area contributed by atoms with Crippen molar-refractivity contribution >= 4 is 22.6 Å². The fourth-order valence-electron chi connectivity index (χ4n) is 2.00. The Kier molecular flexibility index (Phi) is 1.57. The Morgan fingerprint density at radius 2 is 2.12 bits per heavy atom. The molecule has 1 aromatic rings. The van der Waals surface area contributed by atoms with Crippen molar-refractivity contribution in [2.45, 2.75) is 6.54 Å². The Morgan fingerprint density at radius 3 is 3.06 bits per heavy atom. The van der Waals surface area contributed by atoms with Crippen molar-refractivity contribution in [1.82, 2.24) is 4.90 Å². The van der Waals surface area contributed by atoms with Gasteiger partial charge in [0.15, 0.2) is 16.7 Å². The molecule has 3 heterocycles. The fourth-order valence-corrected chi connectivity index (χ4v) is 2.74. The molecule has 0 saturated heterocycles. The number of rotatable bonds is 0. The van der Waals surface area contributed by atoms with Crippen molar-refractivity contribution in [3.8, 4) is 11.5 Å². The maximum absolute atomic E-state index is 5.36. The lowest BCUT2D eigenvalue weighted by Gasteiger charge is -2.22. The minimum absolute atomic E-state index is 0.313. The highest BCUT2D eigenvalue weighted by Crippen LogP contribution is 2.42. The molecule has 80 valence electrons. The summed E-state index contributed by atoms with van der Waals surface area (Å²) in [6, 6.07) is 3.98. The van der Waals surface area contributed by atoms with Gasteiger partial charge in [-0.15, -0.1) is 0 Å². The van der Waals surface area contributed by atoms with Gasteiger partial charge in [0.05, 0.1) is 12.2 Å². The number of fused-ring (bicyclic) bond motifs is 3. The molecule has 0 amide bonds. The average Bonchev–Trinajstić information content (AvgIpc) is 2.89. The zero-order valence-electron chi connectivity index (χ0n) is 8.34. The molecule has 0 N–H and O–H groups in total. The van der Waals surface area contributed by atoms with E-state index in [4.69, 9.17) is 9.47 Å². The molecule has 3 aliphatic rings. The minimum Gasteiger partial charge on any atom is -0.454 e. The quantitative estimate of drug-likeness (QED) is 0.688. The third kappa shape index (κ3) is 1.09. The highest BCUT2D eigenvalue weighted by molar-refractivity contribution is 8.16. The van der Waals surface area contributed by atoms with E-state index in [1.54, 1.807) is 11.8 Å². The van der Waals surface area contributed by atoms with Gasteiger partial charge in [0, 0.05) is 17.8 Å². The lowest BCUT2D eigenvalue weighted by atomic mass is 10.1. The van der Waals surface area contributed by atoms with Crippen LogP contribution in [0.2, 0.25) is 0 Å². The lowest BCUT2D eigenvalue weighted by Crippen LogP contribution is -2.21. The molecular weight excluding hydrogens is 224 g/mol. The van der Waals surface area contributed by atoms with E-state index in [2.05, 4.69) is 16.1 Å². The molecule has 0 aromatic heterocycles. The number of nitrogens with zero attached hydrogens (tertiary/aromatic N) is 2. The van der Waals surface area contributed by atoms with Crippen LogP contribution in [-0.2, 0) is 6.54 Å². The number of aliphatic imine (C=N–C) groups is 1. The van der Waals surface area contributed by atoms with Crippen LogP contribution in [0.3, 0.4) is 0 Å². The first-order valence-corrected chi connectivity index (χ1v) is 5.89. The molecule has 0 radical (unpaired) electrons. The van der Waals surface area contributed by atoms with Gasteiger partial charge >= 0.3 is 0 Å². The summed E-state index contributed by atoms with van der Waals surface area (Å²) in [4.78, 5) is 6.73. The predicted molar refractivity (Wildman–Crippen MR) is 61.9 cm³/mol. The van der Waals surface area contributed by atoms with E-state index in [-0.39, 0.29) is 0 Å². The predicted octanol–water partition coefficient (Wildman–Crippen LogP) is 2.44. The minimum atomic E-state index is 0.313. The Hall–Kier alpha value is -1.62. The number of hydrogen-bond donors (Lipinski definition) is 0. The second-order valence-electron chi connectivity index (χ2n) is 3.76. The Bertz CT molecular complexity index is 539. The van der Waals surface area contributed by atoms with Crippen molar-refractivity contribution in [2.75, 3.05) is 6.79 Å². The van der Waals surface area contributed by atoms with E-state index in [1.807, 2.05) is 17.5 Å². The van der Waals surface area contributed by atoms with Gasteiger partial charge in [0.1, 0.15) is 0 Å². The topological polar surface area (TPSA) is 34.1 Å². The zero-order chi connectivity index (χ0) is 10.5. The van der Waals surface area contributed by atoms with Gasteiger partial charge in [0.25, 0.3) is 0 Å². The Morgan fingerprint density at radius 1 is 1.25 bits per heavy atom. The maximum Gasteiger partial charge on any atom is 0.231 e. The fraction of sp³-hybridized carbons (Fsp3) is 0.182. The highest BCUT2D eigenvalue weighted by Gasteiger charge is 2.24. The first-order chi connectivity index (χ1) is 7.90. The van der Waals surface area contributed by atoms with Crippen LogP contribution in [0.1, 0.15) is 5.56 Å². The molecular formula is C11H8N2O2S. The summed E-state index contributed by atoms with van der Waals surface area (Å²) >= 11 is 1.65. The van der Waals surface area contributed by atoms with E-state index in [0.29, 0.717) is 6.79 Å². The first-order valence-electron chi connectivity index (χ1n) is 5.01.